The van der Waals surface area contributed by atoms with Crippen LogP contribution in [-0.4, -0.2) is 77.1 Å². The van der Waals surface area contributed by atoms with Gasteiger partial charge in [0.1, 0.15) is 10.6 Å². The van der Waals surface area contributed by atoms with Gasteiger partial charge in [0.15, 0.2) is 0 Å². The lowest BCUT2D eigenvalue weighted by atomic mass is 10.1. The molecule has 1 fully saturated rings. The highest BCUT2D eigenvalue weighted by atomic mass is 79.9. The van der Waals surface area contributed by atoms with Crippen molar-refractivity contribution < 1.29 is 18.0 Å². The molecule has 1 atom stereocenters. The number of hydrogen-bond donors (Lipinski definition) is 0. The van der Waals surface area contributed by atoms with Gasteiger partial charge in [0.05, 0.1) is 6.54 Å². The second-order valence-electron chi connectivity index (χ2n) is 7.08. The quantitative estimate of drug-likeness (QED) is 0.663. The molecule has 1 aromatic rings. The number of fused-ring (bicyclic) bond motifs is 1. The molecule has 0 radical (unpaired) electrons. The SMILES string of the molecule is CCC(N1CCN(C(=O)CN2CCc3nc(Br)ccc3C2)CC1)C(F)(F)F. The minimum atomic E-state index is -4.22. The molecule has 3 heterocycles. The predicted molar refractivity (Wildman–Crippen MR) is 99.2 cm³/mol. The molecule has 0 N–H and O–H groups in total. The van der Waals surface area contributed by atoms with Crippen LogP contribution < -0.4 is 0 Å². The number of aromatic nitrogens is 1. The highest BCUT2D eigenvalue weighted by molar-refractivity contribution is 9.10. The minimum Gasteiger partial charge on any atom is -0.339 e. The van der Waals surface area contributed by atoms with E-state index in [2.05, 4.69) is 25.8 Å². The van der Waals surface area contributed by atoms with Crippen molar-refractivity contribution in [3.8, 4) is 0 Å². The number of pyridine rings is 1. The van der Waals surface area contributed by atoms with Crippen LogP contribution in [-0.2, 0) is 17.8 Å². The molecular weight excluding hydrogens is 425 g/mol. The maximum absolute atomic E-state index is 13.1. The summed E-state index contributed by atoms with van der Waals surface area (Å²) in [5.74, 6) is -0.0109. The average Bonchev–Trinajstić information content (AvgIpc) is 2.62. The van der Waals surface area contributed by atoms with E-state index in [1.807, 2.05) is 12.1 Å². The summed E-state index contributed by atoms with van der Waals surface area (Å²) < 4.78 is 40.0. The molecule has 150 valence electrons. The molecule has 1 unspecified atom stereocenters. The second-order valence-corrected chi connectivity index (χ2v) is 7.90. The Morgan fingerprint density at radius 1 is 1.22 bits per heavy atom. The number of hydrogen-bond acceptors (Lipinski definition) is 4. The summed E-state index contributed by atoms with van der Waals surface area (Å²) >= 11 is 3.37. The number of carbonyl (C=O) groups is 1. The summed E-state index contributed by atoms with van der Waals surface area (Å²) in [4.78, 5) is 22.3. The van der Waals surface area contributed by atoms with Gasteiger partial charge in [-0.15, -0.1) is 0 Å². The van der Waals surface area contributed by atoms with Crippen LogP contribution in [0.5, 0.6) is 0 Å². The molecular formula is C18H24BrF3N4O. The molecule has 3 rings (SSSR count). The summed E-state index contributed by atoms with van der Waals surface area (Å²) in [6.45, 7) is 4.52. The van der Waals surface area contributed by atoms with Crippen LogP contribution >= 0.6 is 15.9 Å². The molecule has 9 heteroatoms. The van der Waals surface area contributed by atoms with Gasteiger partial charge in [-0.1, -0.05) is 13.0 Å². The number of rotatable bonds is 4. The van der Waals surface area contributed by atoms with Crippen molar-refractivity contribution in [2.24, 2.45) is 0 Å². The highest BCUT2D eigenvalue weighted by Gasteiger charge is 2.43. The zero-order chi connectivity index (χ0) is 19.6. The Morgan fingerprint density at radius 3 is 2.56 bits per heavy atom. The normalized spacial score (nSPS) is 20.4. The Kier molecular flexibility index (Phi) is 6.43. The van der Waals surface area contributed by atoms with Gasteiger partial charge in [-0.05, 0) is 34.0 Å². The molecule has 2 aliphatic rings. The molecule has 0 aliphatic carbocycles. The van der Waals surface area contributed by atoms with E-state index < -0.39 is 12.2 Å². The smallest absolute Gasteiger partial charge is 0.339 e. The van der Waals surface area contributed by atoms with E-state index in [4.69, 9.17) is 0 Å². The Morgan fingerprint density at radius 2 is 1.93 bits per heavy atom. The van der Waals surface area contributed by atoms with E-state index in [1.165, 1.54) is 4.90 Å². The van der Waals surface area contributed by atoms with Crippen molar-refractivity contribution in [1.29, 1.82) is 0 Å². The lowest BCUT2D eigenvalue weighted by Crippen LogP contribution is -2.56. The number of halogens is 4. The lowest BCUT2D eigenvalue weighted by molar-refractivity contribution is -0.188. The molecule has 27 heavy (non-hydrogen) atoms. The van der Waals surface area contributed by atoms with Gasteiger partial charge in [0.25, 0.3) is 0 Å². The zero-order valence-corrected chi connectivity index (χ0v) is 16.9. The Bertz CT molecular complexity index is 677. The van der Waals surface area contributed by atoms with E-state index >= 15 is 0 Å². The number of nitrogens with zero attached hydrogens (tertiary/aromatic N) is 4. The van der Waals surface area contributed by atoms with Crippen LogP contribution in [0.15, 0.2) is 16.7 Å². The van der Waals surface area contributed by atoms with Gasteiger partial charge >= 0.3 is 6.18 Å². The molecule has 0 spiro atoms. The van der Waals surface area contributed by atoms with Crippen LogP contribution in [0.4, 0.5) is 13.2 Å². The van der Waals surface area contributed by atoms with Gasteiger partial charge in [0.2, 0.25) is 5.91 Å². The number of piperazine rings is 1. The van der Waals surface area contributed by atoms with Crippen LogP contribution in [0.3, 0.4) is 0 Å². The van der Waals surface area contributed by atoms with Gasteiger partial charge in [-0.2, -0.15) is 13.2 Å². The fourth-order valence-electron chi connectivity index (χ4n) is 3.85. The minimum absolute atomic E-state index is 0.0109. The third-order valence-electron chi connectivity index (χ3n) is 5.32. The van der Waals surface area contributed by atoms with Crippen molar-refractivity contribution in [3.63, 3.8) is 0 Å². The van der Waals surface area contributed by atoms with Gasteiger partial charge in [0, 0.05) is 51.4 Å². The van der Waals surface area contributed by atoms with E-state index in [9.17, 15) is 18.0 Å². The van der Waals surface area contributed by atoms with Gasteiger partial charge in [-0.3, -0.25) is 14.6 Å². The third kappa shape index (κ3) is 5.00. The topological polar surface area (TPSA) is 39.7 Å². The standard InChI is InChI=1S/C18H24BrF3N4O/c1-2-15(18(20,21)22)25-7-9-26(10-8-25)17(27)12-24-6-5-14-13(11-24)3-4-16(19)23-14/h3-4,15H,2,5-12H2,1H3. The summed E-state index contributed by atoms with van der Waals surface area (Å²) in [5, 5.41) is 0. The second kappa shape index (κ2) is 8.45. The van der Waals surface area contributed by atoms with Crippen LogP contribution in [0.1, 0.15) is 24.6 Å². The largest absolute Gasteiger partial charge is 0.404 e. The zero-order valence-electron chi connectivity index (χ0n) is 15.3. The monoisotopic (exact) mass is 448 g/mol. The Hall–Kier alpha value is -1.19. The van der Waals surface area contributed by atoms with E-state index in [-0.39, 0.29) is 25.4 Å². The molecule has 2 aliphatic heterocycles. The van der Waals surface area contributed by atoms with E-state index in [0.717, 1.165) is 28.8 Å². The first-order valence-corrected chi connectivity index (χ1v) is 10.0. The molecule has 0 bridgehead atoms. The average molecular weight is 449 g/mol. The molecule has 0 saturated carbocycles. The first kappa shape index (κ1) is 20.5. The molecule has 1 saturated heterocycles. The van der Waals surface area contributed by atoms with Crippen molar-refractivity contribution >= 4 is 21.8 Å². The van der Waals surface area contributed by atoms with Crippen LogP contribution in [0, 0.1) is 0 Å². The first-order chi connectivity index (χ1) is 12.8. The summed E-state index contributed by atoms with van der Waals surface area (Å²) in [7, 11) is 0. The molecule has 5 nitrogen and oxygen atoms in total. The van der Waals surface area contributed by atoms with Crippen molar-refractivity contribution in [2.75, 3.05) is 39.3 Å². The fourth-order valence-corrected chi connectivity index (χ4v) is 4.20. The van der Waals surface area contributed by atoms with Crippen molar-refractivity contribution in [1.82, 2.24) is 19.7 Å². The highest BCUT2D eigenvalue weighted by Crippen LogP contribution is 2.28. The summed E-state index contributed by atoms with van der Waals surface area (Å²) in [6.07, 6.45) is -3.39. The predicted octanol–water partition coefficient (Wildman–Crippen LogP) is 2.69. The summed E-state index contributed by atoms with van der Waals surface area (Å²) in [6, 6.07) is 2.50. The van der Waals surface area contributed by atoms with Crippen molar-refractivity contribution in [3.05, 3.63) is 28.0 Å². The van der Waals surface area contributed by atoms with E-state index in [0.29, 0.717) is 26.2 Å². The summed E-state index contributed by atoms with van der Waals surface area (Å²) in [5.41, 5.74) is 2.18. The molecule has 1 aromatic heterocycles. The van der Waals surface area contributed by atoms with Crippen molar-refractivity contribution in [2.45, 2.75) is 38.5 Å². The lowest BCUT2D eigenvalue weighted by Gasteiger charge is -2.40. The maximum atomic E-state index is 13.1. The Labute approximate surface area is 165 Å². The molecule has 1 amide bonds. The number of alkyl halides is 3. The number of amides is 1. The van der Waals surface area contributed by atoms with Crippen LogP contribution in [0.25, 0.3) is 0 Å². The first-order valence-electron chi connectivity index (χ1n) is 9.23. The Balaban J connectivity index is 1.51. The van der Waals surface area contributed by atoms with Gasteiger partial charge < -0.3 is 4.90 Å². The van der Waals surface area contributed by atoms with E-state index in [1.54, 1.807) is 11.8 Å². The van der Waals surface area contributed by atoms with Crippen LogP contribution in [0.2, 0.25) is 0 Å². The van der Waals surface area contributed by atoms with Gasteiger partial charge in [-0.25, -0.2) is 4.98 Å². The maximum Gasteiger partial charge on any atom is 0.404 e. The third-order valence-corrected chi connectivity index (χ3v) is 5.77. The molecule has 0 aromatic carbocycles. The number of carbonyl (C=O) groups excluding carboxylic acids is 1. The fraction of sp³-hybridized carbons (Fsp3) is 0.667.